The van der Waals surface area contributed by atoms with Crippen molar-refractivity contribution in [2.75, 3.05) is 13.1 Å². The standard InChI is InChI=1S/C18H22N4O/c23-18(20-16-7-10-21-9-2-1-6-17(16)21)14-4-3-5-15(12-14)22-11-8-19-13-22/h3-5,8,11-13,16-17H,1-2,6-7,9-10H2,(H,20,23). The van der Waals surface area contributed by atoms with E-state index in [0.717, 1.165) is 18.7 Å². The van der Waals surface area contributed by atoms with E-state index in [9.17, 15) is 4.79 Å². The molecule has 1 aromatic carbocycles. The van der Waals surface area contributed by atoms with Gasteiger partial charge in [0, 0.05) is 42.3 Å². The number of hydrogen-bond acceptors (Lipinski definition) is 3. The number of carbonyl (C=O) groups excluding carboxylic acids is 1. The number of piperidine rings is 1. The first-order valence-electron chi connectivity index (χ1n) is 8.44. The Kier molecular flexibility index (Phi) is 3.87. The minimum atomic E-state index is 0.0318. The molecular weight excluding hydrogens is 288 g/mol. The van der Waals surface area contributed by atoms with Crippen LogP contribution in [0.2, 0.25) is 0 Å². The molecule has 2 aliphatic rings. The minimum absolute atomic E-state index is 0.0318. The molecule has 0 aliphatic carbocycles. The summed E-state index contributed by atoms with van der Waals surface area (Å²) in [5.41, 5.74) is 1.67. The monoisotopic (exact) mass is 310 g/mol. The lowest BCUT2D eigenvalue weighted by atomic mass is 9.99. The van der Waals surface area contributed by atoms with E-state index >= 15 is 0 Å². The lowest BCUT2D eigenvalue weighted by molar-refractivity contribution is 0.0915. The molecule has 23 heavy (non-hydrogen) atoms. The van der Waals surface area contributed by atoms with E-state index in [1.165, 1.54) is 25.8 Å². The number of amides is 1. The number of imidazole rings is 1. The van der Waals surface area contributed by atoms with Gasteiger partial charge in [0.25, 0.3) is 5.91 Å². The zero-order valence-electron chi connectivity index (χ0n) is 13.2. The van der Waals surface area contributed by atoms with Crippen LogP contribution in [-0.2, 0) is 0 Å². The molecule has 4 rings (SSSR count). The Balaban J connectivity index is 1.48. The molecule has 120 valence electrons. The fraction of sp³-hybridized carbons (Fsp3) is 0.444. The van der Waals surface area contributed by atoms with Crippen molar-refractivity contribution < 1.29 is 4.79 Å². The van der Waals surface area contributed by atoms with Gasteiger partial charge in [0.1, 0.15) is 0 Å². The molecule has 5 nitrogen and oxygen atoms in total. The molecule has 1 aromatic heterocycles. The molecule has 2 aromatic rings. The fourth-order valence-corrected chi connectivity index (χ4v) is 3.89. The molecule has 5 heteroatoms. The van der Waals surface area contributed by atoms with Gasteiger partial charge in [0.2, 0.25) is 0 Å². The van der Waals surface area contributed by atoms with Crippen molar-refractivity contribution in [3.05, 3.63) is 48.5 Å². The largest absolute Gasteiger partial charge is 0.348 e. The summed E-state index contributed by atoms with van der Waals surface area (Å²) in [6.45, 7) is 2.30. The third-order valence-electron chi connectivity index (χ3n) is 5.08. The van der Waals surface area contributed by atoms with Crippen LogP contribution >= 0.6 is 0 Å². The topological polar surface area (TPSA) is 50.2 Å². The molecule has 1 amide bonds. The van der Waals surface area contributed by atoms with Crippen LogP contribution in [0.3, 0.4) is 0 Å². The molecule has 0 spiro atoms. The van der Waals surface area contributed by atoms with Crippen LogP contribution in [0.5, 0.6) is 0 Å². The Labute approximate surface area is 136 Å². The maximum Gasteiger partial charge on any atom is 0.251 e. The van der Waals surface area contributed by atoms with Gasteiger partial charge in [-0.05, 0) is 44.0 Å². The number of hydrogen-bond donors (Lipinski definition) is 1. The summed E-state index contributed by atoms with van der Waals surface area (Å²) >= 11 is 0. The first-order chi connectivity index (χ1) is 11.3. The highest BCUT2D eigenvalue weighted by molar-refractivity contribution is 5.95. The molecule has 2 atom stereocenters. The molecule has 2 saturated heterocycles. The number of nitrogens with one attached hydrogen (secondary N) is 1. The Morgan fingerprint density at radius 2 is 2.17 bits per heavy atom. The fourth-order valence-electron chi connectivity index (χ4n) is 3.89. The second-order valence-corrected chi connectivity index (χ2v) is 6.49. The van der Waals surface area contributed by atoms with Crippen LogP contribution in [0.1, 0.15) is 36.0 Å². The summed E-state index contributed by atoms with van der Waals surface area (Å²) in [7, 11) is 0. The van der Waals surface area contributed by atoms with Crippen LogP contribution in [0, 0.1) is 0 Å². The Bertz CT molecular complexity index is 682. The minimum Gasteiger partial charge on any atom is -0.348 e. The Hall–Kier alpha value is -2.14. The molecule has 2 aliphatic heterocycles. The van der Waals surface area contributed by atoms with E-state index < -0.39 is 0 Å². The zero-order chi connectivity index (χ0) is 15.6. The van der Waals surface area contributed by atoms with Gasteiger partial charge in [0.15, 0.2) is 0 Å². The second-order valence-electron chi connectivity index (χ2n) is 6.49. The number of carbonyl (C=O) groups is 1. The lowest BCUT2D eigenvalue weighted by Gasteiger charge is -2.32. The predicted molar refractivity (Wildman–Crippen MR) is 88.6 cm³/mol. The van der Waals surface area contributed by atoms with Gasteiger partial charge in [-0.15, -0.1) is 0 Å². The maximum absolute atomic E-state index is 12.6. The van der Waals surface area contributed by atoms with E-state index in [1.54, 1.807) is 12.5 Å². The van der Waals surface area contributed by atoms with Gasteiger partial charge in [-0.3, -0.25) is 9.69 Å². The maximum atomic E-state index is 12.6. The van der Waals surface area contributed by atoms with Crippen molar-refractivity contribution in [3.63, 3.8) is 0 Å². The van der Waals surface area contributed by atoms with Crippen molar-refractivity contribution in [3.8, 4) is 5.69 Å². The SMILES string of the molecule is O=C(NC1CCN2CCCCC12)c1cccc(-n2ccnc2)c1. The normalized spacial score (nSPS) is 24.3. The molecule has 2 unspecified atom stereocenters. The van der Waals surface area contributed by atoms with Crippen molar-refractivity contribution in [2.45, 2.75) is 37.8 Å². The van der Waals surface area contributed by atoms with E-state index in [0.29, 0.717) is 17.6 Å². The number of nitrogens with zero attached hydrogens (tertiary/aromatic N) is 3. The molecular formula is C18H22N4O. The second kappa shape index (κ2) is 6.16. The van der Waals surface area contributed by atoms with Gasteiger partial charge < -0.3 is 9.88 Å². The highest BCUT2D eigenvalue weighted by atomic mass is 16.1. The van der Waals surface area contributed by atoms with Crippen molar-refractivity contribution in [1.29, 1.82) is 0 Å². The summed E-state index contributed by atoms with van der Waals surface area (Å²) in [6, 6.07) is 8.53. The van der Waals surface area contributed by atoms with E-state index in [4.69, 9.17) is 0 Å². The van der Waals surface area contributed by atoms with Crippen LogP contribution in [0.4, 0.5) is 0 Å². The van der Waals surface area contributed by atoms with Gasteiger partial charge >= 0.3 is 0 Å². The third kappa shape index (κ3) is 2.88. The van der Waals surface area contributed by atoms with Crippen molar-refractivity contribution in [1.82, 2.24) is 19.8 Å². The lowest BCUT2D eigenvalue weighted by Crippen LogP contribution is -2.46. The quantitative estimate of drug-likeness (QED) is 0.946. The molecule has 2 fully saturated rings. The highest BCUT2D eigenvalue weighted by Crippen LogP contribution is 2.27. The average Bonchev–Trinajstić information content (AvgIpc) is 3.25. The number of fused-ring (bicyclic) bond motifs is 1. The van der Waals surface area contributed by atoms with Crippen molar-refractivity contribution in [2.24, 2.45) is 0 Å². The summed E-state index contributed by atoms with van der Waals surface area (Å²) in [5, 5.41) is 3.26. The predicted octanol–water partition coefficient (Wildman–Crippen LogP) is 2.23. The van der Waals surface area contributed by atoms with Crippen LogP contribution in [0.15, 0.2) is 43.0 Å². The first kappa shape index (κ1) is 14.5. The number of benzene rings is 1. The summed E-state index contributed by atoms with van der Waals surface area (Å²) in [4.78, 5) is 19.2. The first-order valence-corrected chi connectivity index (χ1v) is 8.44. The van der Waals surface area contributed by atoms with Gasteiger partial charge in [-0.2, -0.15) is 0 Å². The highest BCUT2D eigenvalue weighted by Gasteiger charge is 2.36. The van der Waals surface area contributed by atoms with Gasteiger partial charge in [-0.1, -0.05) is 12.5 Å². The van der Waals surface area contributed by atoms with Gasteiger partial charge in [-0.25, -0.2) is 4.98 Å². The summed E-state index contributed by atoms with van der Waals surface area (Å²) in [5.74, 6) is 0.0318. The summed E-state index contributed by atoms with van der Waals surface area (Å²) < 4.78 is 1.91. The molecule has 0 radical (unpaired) electrons. The Morgan fingerprint density at radius 1 is 1.22 bits per heavy atom. The smallest absolute Gasteiger partial charge is 0.251 e. The molecule has 1 N–H and O–H groups in total. The van der Waals surface area contributed by atoms with E-state index in [2.05, 4.69) is 15.2 Å². The van der Waals surface area contributed by atoms with Crippen LogP contribution in [-0.4, -0.2) is 45.5 Å². The van der Waals surface area contributed by atoms with Crippen LogP contribution in [0.25, 0.3) is 5.69 Å². The number of aromatic nitrogens is 2. The Morgan fingerprint density at radius 3 is 3.04 bits per heavy atom. The van der Waals surface area contributed by atoms with Crippen LogP contribution < -0.4 is 5.32 Å². The number of rotatable bonds is 3. The molecule has 0 bridgehead atoms. The van der Waals surface area contributed by atoms with E-state index in [-0.39, 0.29) is 5.91 Å². The van der Waals surface area contributed by atoms with Gasteiger partial charge in [0.05, 0.1) is 6.33 Å². The molecule has 3 heterocycles. The average molecular weight is 310 g/mol. The summed E-state index contributed by atoms with van der Waals surface area (Å²) in [6.07, 6.45) is 10.2. The van der Waals surface area contributed by atoms with Crippen molar-refractivity contribution >= 4 is 5.91 Å². The third-order valence-corrected chi connectivity index (χ3v) is 5.08. The zero-order valence-corrected chi connectivity index (χ0v) is 13.2. The molecule has 0 saturated carbocycles. The van der Waals surface area contributed by atoms with E-state index in [1.807, 2.05) is 35.0 Å².